The highest BCUT2D eigenvalue weighted by atomic mass is 32.2. The molecule has 3 rings (SSSR count). The molecule has 6 nitrogen and oxygen atoms in total. The van der Waals surface area contributed by atoms with Gasteiger partial charge in [-0.25, -0.2) is 4.72 Å². The Hall–Kier alpha value is -0.210. The maximum atomic E-state index is 12.3. The first-order valence-corrected chi connectivity index (χ1v) is 9.29. The molecule has 7 heteroatoms. The number of fused-ring (bicyclic) bond motifs is 2. The van der Waals surface area contributed by atoms with Crippen LogP contribution in [-0.4, -0.2) is 69.5 Å². The molecule has 2 N–H and O–H groups in total. The number of nitrogens with one attached hydrogen (secondary N) is 2. The van der Waals surface area contributed by atoms with E-state index in [0.717, 1.165) is 58.5 Å². The van der Waals surface area contributed by atoms with Gasteiger partial charge in [0.2, 0.25) is 0 Å². The lowest BCUT2D eigenvalue weighted by Gasteiger charge is -2.28. The van der Waals surface area contributed by atoms with Crippen molar-refractivity contribution >= 4 is 10.2 Å². The van der Waals surface area contributed by atoms with E-state index in [-0.39, 0.29) is 6.04 Å². The quantitative estimate of drug-likeness (QED) is 0.655. The van der Waals surface area contributed by atoms with Crippen molar-refractivity contribution in [2.75, 3.05) is 45.8 Å². The van der Waals surface area contributed by atoms with Gasteiger partial charge in [0.05, 0.1) is 0 Å². The number of piperazine rings is 1. The third kappa shape index (κ3) is 3.33. The lowest BCUT2D eigenvalue weighted by atomic mass is 10.1. The van der Waals surface area contributed by atoms with Crippen LogP contribution < -0.4 is 10.0 Å². The van der Waals surface area contributed by atoms with Crippen LogP contribution in [0, 0.1) is 5.92 Å². The number of rotatable bonds is 6. The van der Waals surface area contributed by atoms with Crippen molar-refractivity contribution in [3.63, 3.8) is 0 Å². The van der Waals surface area contributed by atoms with Crippen LogP contribution in [0.4, 0.5) is 0 Å². The minimum atomic E-state index is -3.24. The van der Waals surface area contributed by atoms with E-state index < -0.39 is 10.2 Å². The molecule has 1 saturated carbocycles. The Labute approximate surface area is 122 Å². The Morgan fingerprint density at radius 2 is 2.00 bits per heavy atom. The molecule has 0 radical (unpaired) electrons. The molecule has 2 unspecified atom stereocenters. The van der Waals surface area contributed by atoms with E-state index in [1.165, 1.54) is 6.42 Å². The van der Waals surface area contributed by atoms with E-state index in [4.69, 9.17) is 0 Å². The van der Waals surface area contributed by atoms with E-state index in [1.807, 2.05) is 0 Å². The second kappa shape index (κ2) is 6.27. The van der Waals surface area contributed by atoms with Crippen LogP contribution >= 0.6 is 0 Å². The van der Waals surface area contributed by atoms with E-state index in [9.17, 15) is 8.42 Å². The van der Waals surface area contributed by atoms with Crippen LogP contribution in [0.5, 0.6) is 0 Å². The summed E-state index contributed by atoms with van der Waals surface area (Å²) in [5.74, 6) is 0.609. The summed E-state index contributed by atoms with van der Waals surface area (Å²) >= 11 is 0. The lowest BCUT2D eigenvalue weighted by molar-refractivity contribution is 0.238. The maximum absolute atomic E-state index is 12.3. The molecule has 0 aromatic heterocycles. The van der Waals surface area contributed by atoms with Crippen LogP contribution in [0.1, 0.15) is 25.7 Å². The second-order valence-corrected chi connectivity index (χ2v) is 7.95. The third-order valence-electron chi connectivity index (χ3n) is 4.81. The SMILES string of the molecule is O=S(=O)(NCCCN1CCNCC1)N1CC2CCC1C2. The summed E-state index contributed by atoms with van der Waals surface area (Å²) in [4.78, 5) is 2.39. The van der Waals surface area contributed by atoms with Gasteiger partial charge in [0.1, 0.15) is 0 Å². The molecule has 0 spiro atoms. The molecular weight excluding hydrogens is 276 g/mol. The molecule has 0 aromatic carbocycles. The molecule has 0 amide bonds. The van der Waals surface area contributed by atoms with Crippen molar-refractivity contribution in [1.82, 2.24) is 19.2 Å². The van der Waals surface area contributed by atoms with Gasteiger partial charge >= 0.3 is 0 Å². The minimum Gasteiger partial charge on any atom is -0.314 e. The standard InChI is InChI=1S/C13H26N4O2S/c18-20(19,17-11-12-2-3-13(17)10-12)15-4-1-7-16-8-5-14-6-9-16/h12-15H,1-11H2. The fraction of sp³-hybridized carbons (Fsp3) is 1.00. The first-order valence-electron chi connectivity index (χ1n) is 7.85. The first kappa shape index (κ1) is 14.7. The molecule has 3 fully saturated rings. The molecule has 2 heterocycles. The van der Waals surface area contributed by atoms with E-state index in [2.05, 4.69) is 14.9 Å². The van der Waals surface area contributed by atoms with Crippen molar-refractivity contribution in [2.45, 2.75) is 31.7 Å². The Morgan fingerprint density at radius 3 is 2.65 bits per heavy atom. The molecule has 2 bridgehead atoms. The van der Waals surface area contributed by atoms with Gasteiger partial charge in [-0.1, -0.05) is 0 Å². The molecule has 2 saturated heterocycles. The van der Waals surface area contributed by atoms with Crippen LogP contribution in [0.15, 0.2) is 0 Å². The highest BCUT2D eigenvalue weighted by molar-refractivity contribution is 7.87. The highest BCUT2D eigenvalue weighted by Gasteiger charge is 2.43. The summed E-state index contributed by atoms with van der Waals surface area (Å²) in [5, 5.41) is 3.32. The number of hydrogen-bond donors (Lipinski definition) is 2. The van der Waals surface area contributed by atoms with Crippen molar-refractivity contribution < 1.29 is 8.42 Å². The van der Waals surface area contributed by atoms with Crippen molar-refractivity contribution in [3.05, 3.63) is 0 Å². The zero-order chi connectivity index (χ0) is 14.0. The molecule has 20 heavy (non-hydrogen) atoms. The average molecular weight is 302 g/mol. The monoisotopic (exact) mass is 302 g/mol. The van der Waals surface area contributed by atoms with Gasteiger partial charge in [0, 0.05) is 45.3 Å². The molecule has 1 aliphatic carbocycles. The number of piperidine rings is 1. The Balaban J connectivity index is 1.39. The summed E-state index contributed by atoms with van der Waals surface area (Å²) in [6, 6.07) is 0.269. The number of nitrogens with zero attached hydrogens (tertiary/aromatic N) is 2. The zero-order valence-corrected chi connectivity index (χ0v) is 12.9. The van der Waals surface area contributed by atoms with Crippen LogP contribution in [0.2, 0.25) is 0 Å². The topological polar surface area (TPSA) is 64.7 Å². The van der Waals surface area contributed by atoms with Crippen molar-refractivity contribution in [3.8, 4) is 0 Å². The smallest absolute Gasteiger partial charge is 0.279 e. The van der Waals surface area contributed by atoms with Gasteiger partial charge < -0.3 is 10.2 Å². The summed E-state index contributed by atoms with van der Waals surface area (Å²) in [6.07, 6.45) is 4.22. The van der Waals surface area contributed by atoms with Gasteiger partial charge in [0.25, 0.3) is 10.2 Å². The molecule has 116 valence electrons. The Bertz CT molecular complexity index is 422. The average Bonchev–Trinajstić information content (AvgIpc) is 3.08. The van der Waals surface area contributed by atoms with Crippen molar-refractivity contribution in [1.29, 1.82) is 0 Å². The van der Waals surface area contributed by atoms with E-state index >= 15 is 0 Å². The second-order valence-electron chi connectivity index (χ2n) is 6.25. The van der Waals surface area contributed by atoms with Gasteiger partial charge in [-0.15, -0.1) is 0 Å². The summed E-state index contributed by atoms with van der Waals surface area (Å²) < 4.78 is 29.0. The van der Waals surface area contributed by atoms with Crippen LogP contribution in [-0.2, 0) is 10.2 Å². The summed E-state index contributed by atoms with van der Waals surface area (Å²) in [6.45, 7) is 6.50. The largest absolute Gasteiger partial charge is 0.314 e. The van der Waals surface area contributed by atoms with Gasteiger partial charge in [-0.05, 0) is 38.1 Å². The Kier molecular flexibility index (Phi) is 4.62. The fourth-order valence-corrected chi connectivity index (χ4v) is 5.25. The molecular formula is C13H26N4O2S. The van der Waals surface area contributed by atoms with Gasteiger partial charge in [-0.3, -0.25) is 0 Å². The Morgan fingerprint density at radius 1 is 1.20 bits per heavy atom. The molecule has 2 atom stereocenters. The predicted octanol–water partition coefficient (Wildman–Crippen LogP) is -0.400. The third-order valence-corrected chi connectivity index (χ3v) is 6.45. The first-order chi connectivity index (χ1) is 9.65. The van der Waals surface area contributed by atoms with Crippen molar-refractivity contribution in [2.24, 2.45) is 5.92 Å². The molecule has 2 aliphatic heterocycles. The maximum Gasteiger partial charge on any atom is 0.279 e. The zero-order valence-electron chi connectivity index (χ0n) is 12.1. The highest BCUT2D eigenvalue weighted by Crippen LogP contribution is 2.38. The fourth-order valence-electron chi connectivity index (χ4n) is 3.70. The predicted molar refractivity (Wildman–Crippen MR) is 78.7 cm³/mol. The molecule has 3 aliphatic rings. The van der Waals surface area contributed by atoms with E-state index in [0.29, 0.717) is 12.5 Å². The summed E-state index contributed by atoms with van der Waals surface area (Å²) in [7, 11) is -3.24. The normalized spacial score (nSPS) is 32.0. The van der Waals surface area contributed by atoms with Gasteiger partial charge in [0.15, 0.2) is 0 Å². The molecule has 0 aromatic rings. The van der Waals surface area contributed by atoms with E-state index in [1.54, 1.807) is 4.31 Å². The lowest BCUT2D eigenvalue weighted by Crippen LogP contribution is -2.46. The van der Waals surface area contributed by atoms with Gasteiger partial charge in [-0.2, -0.15) is 12.7 Å². The summed E-state index contributed by atoms with van der Waals surface area (Å²) in [5.41, 5.74) is 0. The number of hydrogen-bond acceptors (Lipinski definition) is 4. The van der Waals surface area contributed by atoms with Crippen LogP contribution in [0.3, 0.4) is 0 Å². The van der Waals surface area contributed by atoms with Crippen LogP contribution in [0.25, 0.3) is 0 Å². The minimum absolute atomic E-state index is 0.269.